The van der Waals surface area contributed by atoms with E-state index < -0.39 is 0 Å². The number of carbonyl (C=O) groups is 2. The van der Waals surface area contributed by atoms with Crippen LogP contribution in [0, 0.1) is 5.41 Å². The largest absolute Gasteiger partial charge is 0.480 e. The number of hydrogen-bond donors (Lipinski definition) is 1. The molecule has 0 radical (unpaired) electrons. The lowest BCUT2D eigenvalue weighted by atomic mass is 9.75. The summed E-state index contributed by atoms with van der Waals surface area (Å²) in [7, 11) is 0. The van der Waals surface area contributed by atoms with Gasteiger partial charge in [-0.05, 0) is 11.8 Å². The lowest BCUT2D eigenvalue weighted by Crippen LogP contribution is -2.27. The van der Waals surface area contributed by atoms with E-state index in [2.05, 4.69) is 6.92 Å². The van der Waals surface area contributed by atoms with E-state index in [9.17, 15) is 14.7 Å². The fourth-order valence-corrected chi connectivity index (χ4v) is 3.88. The fourth-order valence-electron chi connectivity index (χ4n) is 3.88. The Kier molecular flexibility index (Phi) is 7.48. The third kappa shape index (κ3) is 5.46. The summed E-state index contributed by atoms with van der Waals surface area (Å²) in [6, 6.07) is 0. The van der Waals surface area contributed by atoms with Crippen molar-refractivity contribution in [1.29, 1.82) is 0 Å². The molecule has 26 heavy (non-hydrogen) atoms. The second-order valence-corrected chi connectivity index (χ2v) is 8.52. The summed E-state index contributed by atoms with van der Waals surface area (Å²) in [6.45, 7) is 6.22. The number of aromatic hydroxyl groups is 1. The minimum atomic E-state index is -0.373. The van der Waals surface area contributed by atoms with Gasteiger partial charge in [0.25, 0.3) is 5.95 Å². The van der Waals surface area contributed by atoms with Crippen molar-refractivity contribution in [3.8, 4) is 5.95 Å². The van der Waals surface area contributed by atoms with Crippen LogP contribution in [0.4, 0.5) is 0 Å². The first-order valence-corrected chi connectivity index (χ1v) is 10.3. The minimum Gasteiger partial charge on any atom is -0.480 e. The second kappa shape index (κ2) is 9.38. The molecule has 1 N–H and O–H groups in total. The van der Waals surface area contributed by atoms with Crippen LogP contribution in [0.3, 0.4) is 0 Å². The highest BCUT2D eigenvalue weighted by Crippen LogP contribution is 2.41. The lowest BCUT2D eigenvalue weighted by molar-refractivity contribution is 0.0891. The number of unbranched alkanes of at least 4 members (excludes halogenated alkanes) is 8. The fraction of sp³-hybridized carbons (Fsp3) is 0.727. The molecular formula is C22H34O4. The normalized spacial score (nSPS) is 15.9. The van der Waals surface area contributed by atoms with Gasteiger partial charge in [0, 0.05) is 19.3 Å². The van der Waals surface area contributed by atoms with Crippen LogP contribution in [0.15, 0.2) is 4.42 Å². The second-order valence-electron chi connectivity index (χ2n) is 8.52. The topological polar surface area (TPSA) is 67.5 Å². The van der Waals surface area contributed by atoms with Crippen molar-refractivity contribution in [3.63, 3.8) is 0 Å². The summed E-state index contributed by atoms with van der Waals surface area (Å²) in [5, 5.41) is 10.1. The van der Waals surface area contributed by atoms with Crippen molar-refractivity contribution in [1.82, 2.24) is 0 Å². The highest BCUT2D eigenvalue weighted by molar-refractivity contribution is 6.11. The van der Waals surface area contributed by atoms with E-state index in [4.69, 9.17) is 4.42 Å². The number of carbonyl (C=O) groups excluding carboxylic acids is 2. The van der Waals surface area contributed by atoms with E-state index in [1.165, 1.54) is 38.5 Å². The molecule has 0 fully saturated rings. The van der Waals surface area contributed by atoms with Crippen molar-refractivity contribution in [2.45, 2.75) is 97.8 Å². The molecule has 0 amide bonds. The number of ketones is 2. The number of hydrogen-bond acceptors (Lipinski definition) is 4. The lowest BCUT2D eigenvalue weighted by Gasteiger charge is -2.27. The molecule has 0 bridgehead atoms. The monoisotopic (exact) mass is 362 g/mol. The average Bonchev–Trinajstić information content (AvgIpc) is 2.88. The zero-order valence-corrected chi connectivity index (χ0v) is 16.7. The molecule has 0 atom stereocenters. The van der Waals surface area contributed by atoms with Gasteiger partial charge in [-0.3, -0.25) is 9.59 Å². The molecule has 1 heterocycles. The van der Waals surface area contributed by atoms with E-state index in [1.807, 2.05) is 13.8 Å². The van der Waals surface area contributed by atoms with Gasteiger partial charge in [-0.2, -0.15) is 0 Å². The summed E-state index contributed by atoms with van der Waals surface area (Å²) in [5.41, 5.74) is 0.272. The van der Waals surface area contributed by atoms with Crippen LogP contribution in [-0.2, 0) is 6.42 Å². The van der Waals surface area contributed by atoms with Crippen molar-refractivity contribution in [3.05, 3.63) is 16.9 Å². The van der Waals surface area contributed by atoms with Crippen LogP contribution in [0.5, 0.6) is 5.95 Å². The summed E-state index contributed by atoms with van der Waals surface area (Å²) in [4.78, 5) is 25.0. The Balaban J connectivity index is 1.80. The van der Waals surface area contributed by atoms with Crippen LogP contribution in [0.1, 0.15) is 118 Å². The molecule has 2 rings (SSSR count). The summed E-state index contributed by atoms with van der Waals surface area (Å²) < 4.78 is 5.37. The third-order valence-electron chi connectivity index (χ3n) is 5.31. The Labute approximate surface area is 157 Å². The molecule has 1 aromatic heterocycles. The number of furan rings is 1. The zero-order chi connectivity index (χ0) is 19.2. The van der Waals surface area contributed by atoms with Crippen LogP contribution in [0.25, 0.3) is 0 Å². The molecule has 0 unspecified atom stereocenters. The first kappa shape index (κ1) is 20.7. The molecule has 1 aromatic rings. The molecule has 0 spiro atoms. The quantitative estimate of drug-likeness (QED) is 0.373. The molecule has 0 aliphatic heterocycles. The molecule has 4 heteroatoms. The van der Waals surface area contributed by atoms with E-state index in [0.29, 0.717) is 30.6 Å². The molecule has 0 saturated heterocycles. The summed E-state index contributed by atoms with van der Waals surface area (Å²) >= 11 is 0. The van der Waals surface area contributed by atoms with Crippen LogP contribution >= 0.6 is 0 Å². The maximum Gasteiger partial charge on any atom is 0.294 e. The van der Waals surface area contributed by atoms with E-state index >= 15 is 0 Å². The van der Waals surface area contributed by atoms with Gasteiger partial charge in [0.05, 0.1) is 5.56 Å². The van der Waals surface area contributed by atoms with Crippen LogP contribution in [-0.4, -0.2) is 16.7 Å². The van der Waals surface area contributed by atoms with Gasteiger partial charge in [0.1, 0.15) is 11.3 Å². The maximum atomic E-state index is 12.5. The van der Waals surface area contributed by atoms with Gasteiger partial charge in [-0.15, -0.1) is 0 Å². The smallest absolute Gasteiger partial charge is 0.294 e. The molecular weight excluding hydrogens is 328 g/mol. The Hall–Kier alpha value is -1.58. The number of rotatable bonds is 11. The Morgan fingerprint density at radius 1 is 1.00 bits per heavy atom. The number of fused-ring (bicyclic) bond motifs is 1. The van der Waals surface area contributed by atoms with Crippen molar-refractivity contribution >= 4 is 11.6 Å². The molecule has 4 nitrogen and oxygen atoms in total. The SMILES string of the molecule is CCCCCCCCCCCC(=O)c1c(O)oc2c1C(=O)CC(C)(C)C2. The molecule has 146 valence electrons. The van der Waals surface area contributed by atoms with Crippen molar-refractivity contribution in [2.24, 2.45) is 5.41 Å². The molecule has 0 saturated carbocycles. The van der Waals surface area contributed by atoms with Crippen molar-refractivity contribution < 1.29 is 19.1 Å². The van der Waals surface area contributed by atoms with E-state index in [1.54, 1.807) is 0 Å². The van der Waals surface area contributed by atoms with Gasteiger partial charge >= 0.3 is 0 Å². The van der Waals surface area contributed by atoms with E-state index in [0.717, 1.165) is 19.3 Å². The summed E-state index contributed by atoms with van der Waals surface area (Å²) in [6.07, 6.45) is 12.0. The molecule has 0 aromatic carbocycles. The van der Waals surface area contributed by atoms with Crippen molar-refractivity contribution in [2.75, 3.05) is 0 Å². The third-order valence-corrected chi connectivity index (χ3v) is 5.31. The summed E-state index contributed by atoms with van der Waals surface area (Å²) in [5.74, 6) is -0.152. The van der Waals surface area contributed by atoms with Gasteiger partial charge in [0.2, 0.25) is 0 Å². The number of Topliss-reactive ketones (excluding diaryl/α,β-unsaturated/α-hetero) is 2. The maximum absolute atomic E-state index is 12.5. The molecule has 1 aliphatic rings. The van der Waals surface area contributed by atoms with E-state index in [-0.39, 0.29) is 28.5 Å². The predicted molar refractivity (Wildman–Crippen MR) is 103 cm³/mol. The van der Waals surface area contributed by atoms with Gasteiger partial charge < -0.3 is 9.52 Å². The minimum absolute atomic E-state index is 0.0873. The Morgan fingerprint density at radius 2 is 1.58 bits per heavy atom. The first-order valence-electron chi connectivity index (χ1n) is 10.3. The van der Waals surface area contributed by atoms with Gasteiger partial charge in [-0.25, -0.2) is 0 Å². The predicted octanol–water partition coefficient (Wildman–Crippen LogP) is 6.24. The highest BCUT2D eigenvalue weighted by Gasteiger charge is 2.38. The first-order chi connectivity index (χ1) is 12.4. The zero-order valence-electron chi connectivity index (χ0n) is 16.7. The Morgan fingerprint density at radius 3 is 2.19 bits per heavy atom. The average molecular weight is 363 g/mol. The Bertz CT molecular complexity index is 624. The molecule has 1 aliphatic carbocycles. The van der Waals surface area contributed by atoms with Gasteiger partial charge in [-0.1, -0.05) is 72.1 Å². The standard InChI is InChI=1S/C22H34O4/c1-4-5-6-7-8-9-10-11-12-13-16(23)20-19-17(24)14-22(2,3)15-18(19)26-21(20)25/h25H,4-15H2,1-3H3. The van der Waals surface area contributed by atoms with Crippen LogP contribution < -0.4 is 0 Å². The van der Waals surface area contributed by atoms with Crippen LogP contribution in [0.2, 0.25) is 0 Å². The highest BCUT2D eigenvalue weighted by atomic mass is 16.5. The van der Waals surface area contributed by atoms with Gasteiger partial charge in [0.15, 0.2) is 11.6 Å².